The number of nitrogens with zero attached hydrogens (tertiary/aromatic N) is 2. The molecule has 0 amide bonds. The molecular weight excluding hydrogens is 112 g/mol. The van der Waals surface area contributed by atoms with Gasteiger partial charge in [0.1, 0.15) is 0 Å². The van der Waals surface area contributed by atoms with E-state index in [2.05, 4.69) is 28.7 Å². The van der Waals surface area contributed by atoms with Crippen LogP contribution in [-0.2, 0) is 0 Å². The van der Waals surface area contributed by atoms with E-state index in [0.717, 1.165) is 0 Å². The highest BCUT2D eigenvalue weighted by Gasteiger charge is 1.80. The SMILES string of the molecule is [CH2]C#Cc1ncccn1. The Morgan fingerprint density at radius 3 is 2.56 bits per heavy atom. The Bertz CT molecular complexity index is 230. The van der Waals surface area contributed by atoms with E-state index in [4.69, 9.17) is 0 Å². The van der Waals surface area contributed by atoms with Crippen molar-refractivity contribution < 1.29 is 0 Å². The molecular formula is C7H5N2. The number of rotatable bonds is 0. The minimum Gasteiger partial charge on any atom is -0.229 e. The number of hydrogen-bond donors (Lipinski definition) is 0. The zero-order valence-corrected chi connectivity index (χ0v) is 4.83. The van der Waals surface area contributed by atoms with Crippen molar-refractivity contribution in [1.29, 1.82) is 0 Å². The zero-order valence-electron chi connectivity index (χ0n) is 4.83. The molecule has 0 saturated heterocycles. The van der Waals surface area contributed by atoms with E-state index in [1.807, 2.05) is 0 Å². The van der Waals surface area contributed by atoms with E-state index < -0.39 is 0 Å². The molecule has 1 aromatic rings. The topological polar surface area (TPSA) is 25.8 Å². The summed E-state index contributed by atoms with van der Waals surface area (Å²) in [5, 5.41) is 0. The maximum atomic E-state index is 3.84. The maximum Gasteiger partial charge on any atom is 0.204 e. The second kappa shape index (κ2) is 2.83. The van der Waals surface area contributed by atoms with Crippen molar-refractivity contribution >= 4 is 0 Å². The van der Waals surface area contributed by atoms with Gasteiger partial charge in [-0.2, -0.15) is 0 Å². The first kappa shape index (κ1) is 5.77. The fourth-order valence-electron chi connectivity index (χ4n) is 0.443. The third-order valence-electron chi connectivity index (χ3n) is 0.766. The zero-order chi connectivity index (χ0) is 6.53. The molecule has 1 aromatic heterocycles. The van der Waals surface area contributed by atoms with Crippen LogP contribution in [0.25, 0.3) is 0 Å². The van der Waals surface area contributed by atoms with Crippen LogP contribution in [0.1, 0.15) is 5.82 Å². The van der Waals surface area contributed by atoms with Gasteiger partial charge in [0, 0.05) is 19.3 Å². The fourth-order valence-corrected chi connectivity index (χ4v) is 0.443. The lowest BCUT2D eigenvalue weighted by Gasteiger charge is -1.82. The summed E-state index contributed by atoms with van der Waals surface area (Å²) < 4.78 is 0. The van der Waals surface area contributed by atoms with Gasteiger partial charge in [0.2, 0.25) is 5.82 Å². The van der Waals surface area contributed by atoms with Crippen LogP contribution in [0, 0.1) is 18.8 Å². The summed E-state index contributed by atoms with van der Waals surface area (Å²) >= 11 is 0. The maximum absolute atomic E-state index is 3.84. The molecule has 1 rings (SSSR count). The summed E-state index contributed by atoms with van der Waals surface area (Å²) in [5.74, 6) is 5.60. The predicted octanol–water partition coefficient (Wildman–Crippen LogP) is 0.662. The average molecular weight is 117 g/mol. The van der Waals surface area contributed by atoms with Crippen molar-refractivity contribution in [3.63, 3.8) is 0 Å². The third kappa shape index (κ3) is 1.54. The van der Waals surface area contributed by atoms with Gasteiger partial charge in [-0.3, -0.25) is 0 Å². The summed E-state index contributed by atoms with van der Waals surface area (Å²) in [5.41, 5.74) is 0. The van der Waals surface area contributed by atoms with E-state index >= 15 is 0 Å². The van der Waals surface area contributed by atoms with Crippen LogP contribution >= 0.6 is 0 Å². The highest BCUT2D eigenvalue weighted by molar-refractivity contribution is 5.20. The first-order chi connectivity index (χ1) is 4.43. The smallest absolute Gasteiger partial charge is 0.204 e. The molecule has 0 bridgehead atoms. The van der Waals surface area contributed by atoms with Crippen LogP contribution in [0.5, 0.6) is 0 Å². The van der Waals surface area contributed by atoms with E-state index in [-0.39, 0.29) is 0 Å². The lowest BCUT2D eigenvalue weighted by molar-refractivity contribution is 1.13. The monoisotopic (exact) mass is 117 g/mol. The minimum absolute atomic E-state index is 0.521. The summed E-state index contributed by atoms with van der Waals surface area (Å²) in [7, 11) is 0. The number of hydrogen-bond acceptors (Lipinski definition) is 2. The van der Waals surface area contributed by atoms with Crippen molar-refractivity contribution in [2.24, 2.45) is 0 Å². The first-order valence-electron chi connectivity index (χ1n) is 2.48. The van der Waals surface area contributed by atoms with Crippen LogP contribution in [0.4, 0.5) is 0 Å². The molecule has 1 radical (unpaired) electrons. The Balaban J connectivity index is 2.94. The Kier molecular flexibility index (Phi) is 1.81. The van der Waals surface area contributed by atoms with Crippen molar-refractivity contribution in [3.8, 4) is 11.8 Å². The normalized spacial score (nSPS) is 7.67. The summed E-state index contributed by atoms with van der Waals surface area (Å²) in [6, 6.07) is 1.74. The van der Waals surface area contributed by atoms with Gasteiger partial charge in [0.15, 0.2) is 0 Å². The van der Waals surface area contributed by atoms with Crippen molar-refractivity contribution in [3.05, 3.63) is 31.2 Å². The second-order valence-electron chi connectivity index (χ2n) is 1.37. The molecule has 0 aromatic carbocycles. The van der Waals surface area contributed by atoms with Gasteiger partial charge in [-0.05, 0) is 12.0 Å². The van der Waals surface area contributed by atoms with Gasteiger partial charge in [-0.15, -0.1) is 0 Å². The standard InChI is InChI=1S/C7H5N2/c1-2-4-7-8-5-3-6-9-7/h3,5-6H,1H2. The summed E-state index contributed by atoms with van der Waals surface area (Å²) in [4.78, 5) is 7.69. The molecule has 2 heteroatoms. The van der Waals surface area contributed by atoms with Gasteiger partial charge in [-0.1, -0.05) is 5.92 Å². The molecule has 0 aliphatic carbocycles. The molecule has 1 heterocycles. The van der Waals surface area contributed by atoms with Crippen molar-refractivity contribution in [1.82, 2.24) is 9.97 Å². The Hall–Kier alpha value is -1.36. The Morgan fingerprint density at radius 2 is 2.00 bits per heavy atom. The van der Waals surface area contributed by atoms with E-state index in [9.17, 15) is 0 Å². The largest absolute Gasteiger partial charge is 0.229 e. The van der Waals surface area contributed by atoms with Crippen LogP contribution in [-0.4, -0.2) is 9.97 Å². The van der Waals surface area contributed by atoms with Gasteiger partial charge >= 0.3 is 0 Å². The second-order valence-corrected chi connectivity index (χ2v) is 1.37. The molecule has 0 N–H and O–H groups in total. The molecule has 0 saturated carbocycles. The third-order valence-corrected chi connectivity index (χ3v) is 0.766. The lowest BCUT2D eigenvalue weighted by atomic mass is 10.5. The molecule has 0 aliphatic heterocycles. The Labute approximate surface area is 54.0 Å². The van der Waals surface area contributed by atoms with Crippen molar-refractivity contribution in [2.75, 3.05) is 0 Å². The first-order valence-corrected chi connectivity index (χ1v) is 2.48. The summed E-state index contributed by atoms with van der Waals surface area (Å²) in [6.45, 7) is 3.34. The van der Waals surface area contributed by atoms with Gasteiger partial charge in [-0.25, -0.2) is 9.97 Å². The van der Waals surface area contributed by atoms with Crippen LogP contribution in [0.3, 0.4) is 0 Å². The van der Waals surface area contributed by atoms with E-state index in [0.29, 0.717) is 5.82 Å². The van der Waals surface area contributed by atoms with Crippen LogP contribution in [0.15, 0.2) is 18.5 Å². The Morgan fingerprint density at radius 1 is 1.33 bits per heavy atom. The fraction of sp³-hybridized carbons (Fsp3) is 0. The van der Waals surface area contributed by atoms with Gasteiger partial charge < -0.3 is 0 Å². The molecule has 0 fully saturated rings. The number of aromatic nitrogens is 2. The minimum atomic E-state index is 0.521. The predicted molar refractivity (Wildman–Crippen MR) is 34.3 cm³/mol. The quantitative estimate of drug-likeness (QED) is 0.466. The van der Waals surface area contributed by atoms with Crippen molar-refractivity contribution in [2.45, 2.75) is 0 Å². The summed E-state index contributed by atoms with van der Waals surface area (Å²) in [6.07, 6.45) is 3.29. The van der Waals surface area contributed by atoms with Gasteiger partial charge in [0.05, 0.1) is 0 Å². The molecule has 43 valence electrons. The highest BCUT2D eigenvalue weighted by atomic mass is 14.8. The molecule has 9 heavy (non-hydrogen) atoms. The van der Waals surface area contributed by atoms with Gasteiger partial charge in [0.25, 0.3) is 0 Å². The lowest BCUT2D eigenvalue weighted by Crippen LogP contribution is -1.83. The molecule has 0 unspecified atom stereocenters. The van der Waals surface area contributed by atoms with Crippen LogP contribution < -0.4 is 0 Å². The van der Waals surface area contributed by atoms with E-state index in [1.165, 1.54) is 0 Å². The molecule has 0 spiro atoms. The molecule has 0 aliphatic rings. The molecule has 0 atom stereocenters. The molecule has 2 nitrogen and oxygen atoms in total. The van der Waals surface area contributed by atoms with Crippen LogP contribution in [0.2, 0.25) is 0 Å². The highest BCUT2D eigenvalue weighted by Crippen LogP contribution is 1.81. The van der Waals surface area contributed by atoms with E-state index in [1.54, 1.807) is 18.5 Å². The average Bonchev–Trinajstić information content (AvgIpc) is 1.91.